The number of β-amino-alcohol motifs (C(OH)–C–C–N with tert-alkyl or cyclic N) is 1. The Morgan fingerprint density at radius 1 is 1.28 bits per heavy atom. The topological polar surface area (TPSA) is 69.6 Å². The number of carbonyl (C=O) groups is 1. The van der Waals surface area contributed by atoms with Crippen molar-refractivity contribution >= 4 is 17.5 Å². The van der Waals surface area contributed by atoms with Crippen molar-refractivity contribution in [2.24, 2.45) is 0 Å². The van der Waals surface area contributed by atoms with E-state index in [0.717, 1.165) is 18.7 Å². The molecule has 0 aliphatic carbocycles. The number of aliphatic hydroxyl groups is 1. The van der Waals surface area contributed by atoms with Crippen molar-refractivity contribution in [2.75, 3.05) is 39.3 Å². The van der Waals surface area contributed by atoms with Crippen LogP contribution in [0.1, 0.15) is 16.2 Å². The smallest absolute Gasteiger partial charge is 0.253 e. The van der Waals surface area contributed by atoms with Gasteiger partial charge in [0.25, 0.3) is 5.91 Å². The summed E-state index contributed by atoms with van der Waals surface area (Å²) in [7, 11) is 0. The first-order chi connectivity index (χ1) is 12.1. The standard InChI is InChI=1S/C18H21ClN4O2/c1-13-20-12-16(19)17(21-13)14-3-2-4-15(11-14)18(25)23-7-5-22(6-8-23)9-10-24/h2-4,11-12,24H,5-10H2,1H3. The van der Waals surface area contributed by atoms with Crippen molar-refractivity contribution < 1.29 is 9.90 Å². The number of piperazine rings is 1. The van der Waals surface area contributed by atoms with Crippen LogP contribution in [0.25, 0.3) is 11.3 Å². The van der Waals surface area contributed by atoms with Gasteiger partial charge in [-0.1, -0.05) is 23.7 Å². The summed E-state index contributed by atoms with van der Waals surface area (Å²) in [4.78, 5) is 25.3. The minimum Gasteiger partial charge on any atom is -0.395 e. The Balaban J connectivity index is 1.78. The van der Waals surface area contributed by atoms with E-state index in [-0.39, 0.29) is 12.5 Å². The summed E-state index contributed by atoms with van der Waals surface area (Å²) < 4.78 is 0. The molecule has 1 saturated heterocycles. The van der Waals surface area contributed by atoms with E-state index in [4.69, 9.17) is 16.7 Å². The van der Waals surface area contributed by atoms with Gasteiger partial charge in [-0.2, -0.15) is 0 Å². The third-order valence-corrected chi connectivity index (χ3v) is 4.60. The quantitative estimate of drug-likeness (QED) is 0.901. The fourth-order valence-corrected chi connectivity index (χ4v) is 3.16. The molecule has 1 aromatic heterocycles. The van der Waals surface area contributed by atoms with Gasteiger partial charge in [-0.25, -0.2) is 9.97 Å². The zero-order valence-corrected chi connectivity index (χ0v) is 14.9. The summed E-state index contributed by atoms with van der Waals surface area (Å²) in [6, 6.07) is 7.38. The lowest BCUT2D eigenvalue weighted by molar-refractivity contribution is 0.0615. The van der Waals surface area contributed by atoms with Gasteiger partial charge in [0.1, 0.15) is 5.82 Å². The average molecular weight is 361 g/mol. The predicted octanol–water partition coefficient (Wildman–Crippen LogP) is 1.86. The molecule has 0 spiro atoms. The van der Waals surface area contributed by atoms with Gasteiger partial charge in [0.05, 0.1) is 17.3 Å². The molecule has 2 heterocycles. The highest BCUT2D eigenvalue weighted by Crippen LogP contribution is 2.26. The second-order valence-electron chi connectivity index (χ2n) is 6.05. The molecule has 1 N–H and O–H groups in total. The molecule has 1 aromatic carbocycles. The summed E-state index contributed by atoms with van der Waals surface area (Å²) in [5, 5.41) is 9.47. The number of amides is 1. The number of carbonyl (C=O) groups excluding carboxylic acids is 1. The van der Waals surface area contributed by atoms with E-state index < -0.39 is 0 Å². The largest absolute Gasteiger partial charge is 0.395 e. The van der Waals surface area contributed by atoms with Crippen molar-refractivity contribution in [2.45, 2.75) is 6.92 Å². The van der Waals surface area contributed by atoms with Crippen LogP contribution in [0.5, 0.6) is 0 Å². The van der Waals surface area contributed by atoms with Crippen LogP contribution in [0.4, 0.5) is 0 Å². The molecule has 1 aliphatic rings. The molecular weight excluding hydrogens is 340 g/mol. The number of aryl methyl sites for hydroxylation is 1. The number of nitrogens with zero attached hydrogens (tertiary/aromatic N) is 4. The molecule has 1 fully saturated rings. The first-order valence-electron chi connectivity index (χ1n) is 8.30. The third kappa shape index (κ3) is 4.15. The zero-order chi connectivity index (χ0) is 17.8. The van der Waals surface area contributed by atoms with Crippen LogP contribution in [0.2, 0.25) is 5.02 Å². The Morgan fingerprint density at radius 2 is 2.04 bits per heavy atom. The molecule has 1 aliphatic heterocycles. The highest BCUT2D eigenvalue weighted by molar-refractivity contribution is 6.32. The van der Waals surface area contributed by atoms with Gasteiger partial charge in [-0.15, -0.1) is 0 Å². The molecule has 0 bridgehead atoms. The van der Waals surface area contributed by atoms with E-state index in [9.17, 15) is 4.79 Å². The lowest BCUT2D eigenvalue weighted by Crippen LogP contribution is -2.49. The second kappa shape index (κ2) is 7.91. The molecule has 0 radical (unpaired) electrons. The average Bonchev–Trinajstić information content (AvgIpc) is 2.64. The Morgan fingerprint density at radius 3 is 2.76 bits per heavy atom. The Hall–Kier alpha value is -2.02. The molecule has 7 heteroatoms. The highest BCUT2D eigenvalue weighted by atomic mass is 35.5. The van der Waals surface area contributed by atoms with Gasteiger partial charge in [0.2, 0.25) is 0 Å². The maximum Gasteiger partial charge on any atom is 0.253 e. The molecule has 25 heavy (non-hydrogen) atoms. The van der Waals surface area contributed by atoms with Gasteiger partial charge in [-0.05, 0) is 19.1 Å². The van der Waals surface area contributed by atoms with E-state index in [2.05, 4.69) is 14.9 Å². The van der Waals surface area contributed by atoms with Gasteiger partial charge < -0.3 is 10.0 Å². The van der Waals surface area contributed by atoms with Crippen LogP contribution in [0.3, 0.4) is 0 Å². The Bertz CT molecular complexity index is 760. The van der Waals surface area contributed by atoms with Crippen molar-refractivity contribution in [1.29, 1.82) is 0 Å². The minimum absolute atomic E-state index is 0.00685. The van der Waals surface area contributed by atoms with Crippen molar-refractivity contribution in [3.63, 3.8) is 0 Å². The van der Waals surface area contributed by atoms with E-state index in [0.29, 0.717) is 41.7 Å². The van der Waals surface area contributed by atoms with Gasteiger partial charge >= 0.3 is 0 Å². The van der Waals surface area contributed by atoms with Crippen molar-refractivity contribution in [1.82, 2.24) is 19.8 Å². The number of benzene rings is 1. The first kappa shape index (κ1) is 17.8. The minimum atomic E-state index is 0.00685. The summed E-state index contributed by atoms with van der Waals surface area (Å²) in [5.74, 6) is 0.642. The van der Waals surface area contributed by atoms with Gasteiger partial charge in [0, 0.05) is 50.0 Å². The van der Waals surface area contributed by atoms with Crippen LogP contribution in [0.15, 0.2) is 30.5 Å². The molecule has 1 amide bonds. The van der Waals surface area contributed by atoms with Crippen LogP contribution >= 0.6 is 11.6 Å². The van der Waals surface area contributed by atoms with Crippen LogP contribution in [-0.4, -0.2) is 70.1 Å². The summed E-state index contributed by atoms with van der Waals surface area (Å²) in [5.41, 5.74) is 2.07. The monoisotopic (exact) mass is 360 g/mol. The molecule has 6 nitrogen and oxygen atoms in total. The number of hydrogen-bond donors (Lipinski definition) is 1. The maximum atomic E-state index is 12.8. The fourth-order valence-electron chi connectivity index (χ4n) is 2.96. The fraction of sp³-hybridized carbons (Fsp3) is 0.389. The van der Waals surface area contributed by atoms with E-state index in [1.54, 1.807) is 13.1 Å². The zero-order valence-electron chi connectivity index (χ0n) is 14.2. The van der Waals surface area contributed by atoms with Crippen molar-refractivity contribution in [3.8, 4) is 11.3 Å². The van der Waals surface area contributed by atoms with E-state index in [1.165, 1.54) is 0 Å². The predicted molar refractivity (Wildman–Crippen MR) is 96.6 cm³/mol. The van der Waals surface area contributed by atoms with Crippen molar-refractivity contribution in [3.05, 3.63) is 46.9 Å². The molecule has 3 rings (SSSR count). The number of halogens is 1. The SMILES string of the molecule is Cc1ncc(Cl)c(-c2cccc(C(=O)N3CCN(CCO)CC3)c2)n1. The number of rotatable bonds is 4. The Kier molecular flexibility index (Phi) is 5.63. The molecular formula is C18H21ClN4O2. The van der Waals surface area contributed by atoms with E-state index in [1.807, 2.05) is 29.2 Å². The van der Waals surface area contributed by atoms with Crippen LogP contribution in [-0.2, 0) is 0 Å². The molecule has 2 aromatic rings. The number of aliphatic hydroxyl groups excluding tert-OH is 1. The van der Waals surface area contributed by atoms with E-state index >= 15 is 0 Å². The molecule has 0 saturated carbocycles. The van der Waals surface area contributed by atoms with Crippen LogP contribution in [0, 0.1) is 6.92 Å². The molecule has 0 atom stereocenters. The maximum absolute atomic E-state index is 12.8. The molecule has 132 valence electrons. The highest BCUT2D eigenvalue weighted by Gasteiger charge is 2.22. The lowest BCUT2D eigenvalue weighted by Gasteiger charge is -2.34. The number of hydrogen-bond acceptors (Lipinski definition) is 5. The van der Waals surface area contributed by atoms with Crippen LogP contribution < -0.4 is 0 Å². The van der Waals surface area contributed by atoms with Gasteiger partial charge in [-0.3, -0.25) is 9.69 Å². The molecule has 0 unspecified atom stereocenters. The number of aromatic nitrogens is 2. The lowest BCUT2D eigenvalue weighted by atomic mass is 10.1. The summed E-state index contributed by atoms with van der Waals surface area (Å²) in [6.07, 6.45) is 1.58. The first-order valence-corrected chi connectivity index (χ1v) is 8.68. The normalized spacial score (nSPS) is 15.4. The third-order valence-electron chi connectivity index (χ3n) is 4.32. The van der Waals surface area contributed by atoms with Gasteiger partial charge in [0.15, 0.2) is 0 Å². The summed E-state index contributed by atoms with van der Waals surface area (Å²) >= 11 is 6.21. The summed E-state index contributed by atoms with van der Waals surface area (Å²) in [6.45, 7) is 5.50. The second-order valence-corrected chi connectivity index (χ2v) is 6.46. The Labute approximate surface area is 152 Å².